The summed E-state index contributed by atoms with van der Waals surface area (Å²) in [6.07, 6.45) is 9.68. The highest BCUT2D eigenvalue weighted by atomic mass is 16.5. The molecule has 1 aromatic rings. The number of hydrogen-bond donors (Lipinski definition) is 1. The Balaban J connectivity index is 1.20. The molecule has 6 rings (SSSR count). The third kappa shape index (κ3) is 4.30. The van der Waals surface area contributed by atoms with Gasteiger partial charge in [-0.15, -0.1) is 0 Å². The molecule has 6 nitrogen and oxygen atoms in total. The molecule has 1 saturated heterocycles. The molecule has 176 valence electrons. The molecule has 1 N–H and O–H groups in total. The smallest absolute Gasteiger partial charge is 0.263 e. The zero-order valence-electron chi connectivity index (χ0n) is 19.9. The van der Waals surface area contributed by atoms with E-state index in [0.29, 0.717) is 0 Å². The molecule has 6 heteroatoms. The third-order valence-corrected chi connectivity index (χ3v) is 8.77. The molecule has 0 spiro atoms. The molecule has 1 aromatic carbocycles. The minimum atomic E-state index is -0.215. The van der Waals surface area contributed by atoms with Gasteiger partial charge in [-0.3, -0.25) is 4.79 Å². The molecule has 1 unspecified atom stereocenters. The number of benzene rings is 1. The summed E-state index contributed by atoms with van der Waals surface area (Å²) in [5.74, 6) is 3.20. The van der Waals surface area contributed by atoms with E-state index in [2.05, 4.69) is 34.2 Å². The predicted octanol–water partition coefficient (Wildman–Crippen LogP) is 3.95. The molecule has 1 heterocycles. The van der Waals surface area contributed by atoms with E-state index in [1.54, 1.807) is 13.3 Å². The Labute approximate surface area is 197 Å². The molecule has 1 atom stereocenters. The summed E-state index contributed by atoms with van der Waals surface area (Å²) in [5.41, 5.74) is 1.55. The molecule has 5 aliphatic rings. The van der Waals surface area contributed by atoms with Crippen molar-refractivity contribution in [3.05, 3.63) is 36.0 Å². The largest absolute Gasteiger partial charge is 0.495 e. The third-order valence-electron chi connectivity index (χ3n) is 8.77. The van der Waals surface area contributed by atoms with E-state index < -0.39 is 0 Å². The normalized spacial score (nSPS) is 31.8. The Morgan fingerprint density at radius 1 is 1.12 bits per heavy atom. The standard InChI is InChI=1S/C27H36N4O2/c1-19(27-14-20-11-21(15-27)13-22(12-20)16-27)29-26(32)23(17-28)18-30-7-9-31(10-8-30)24-5-3-4-6-25(24)33-2/h3-6,18-22H,7-16H2,1-2H3,(H,29,32)/b23-18-. The van der Waals surface area contributed by atoms with Gasteiger partial charge in [0.25, 0.3) is 5.91 Å². The number of carbonyl (C=O) groups excluding carboxylic acids is 1. The summed E-state index contributed by atoms with van der Waals surface area (Å²) in [6.45, 7) is 5.34. The molecule has 0 aromatic heterocycles. The fraction of sp³-hybridized carbons (Fsp3) is 0.630. The number of piperazine rings is 1. The second-order valence-corrected chi connectivity index (χ2v) is 10.8. The van der Waals surface area contributed by atoms with Gasteiger partial charge in [0.05, 0.1) is 12.8 Å². The quantitative estimate of drug-likeness (QED) is 0.527. The van der Waals surface area contributed by atoms with Crippen LogP contribution in [0.25, 0.3) is 0 Å². The lowest BCUT2D eigenvalue weighted by Gasteiger charge is -2.59. The number of methoxy groups -OCH3 is 1. The Hall–Kier alpha value is -2.68. The van der Waals surface area contributed by atoms with Crippen LogP contribution in [0, 0.1) is 34.5 Å². The lowest BCUT2D eigenvalue weighted by atomic mass is 9.48. The van der Waals surface area contributed by atoms with Crippen molar-refractivity contribution in [2.75, 3.05) is 38.2 Å². The topological polar surface area (TPSA) is 68.6 Å². The highest BCUT2D eigenvalue weighted by Gasteiger charge is 2.53. The molecule has 4 bridgehead atoms. The summed E-state index contributed by atoms with van der Waals surface area (Å²) in [4.78, 5) is 17.5. The van der Waals surface area contributed by atoms with Gasteiger partial charge in [-0.05, 0) is 80.8 Å². The second-order valence-electron chi connectivity index (χ2n) is 10.8. The van der Waals surface area contributed by atoms with Crippen molar-refractivity contribution >= 4 is 11.6 Å². The Bertz CT molecular complexity index is 922. The number of ether oxygens (including phenoxy) is 1. The summed E-state index contributed by atoms with van der Waals surface area (Å²) in [5, 5.41) is 13.0. The van der Waals surface area contributed by atoms with E-state index in [1.165, 1.54) is 38.5 Å². The number of amides is 1. The molecule has 4 aliphatic carbocycles. The van der Waals surface area contributed by atoms with Gasteiger partial charge < -0.3 is 19.9 Å². The summed E-state index contributed by atoms with van der Waals surface area (Å²) in [7, 11) is 1.69. The minimum Gasteiger partial charge on any atom is -0.495 e. The number of anilines is 1. The number of rotatable bonds is 6. The Morgan fingerprint density at radius 3 is 2.30 bits per heavy atom. The average Bonchev–Trinajstić information content (AvgIpc) is 2.82. The van der Waals surface area contributed by atoms with Crippen molar-refractivity contribution in [2.45, 2.75) is 51.5 Å². The number of carbonyl (C=O) groups is 1. The van der Waals surface area contributed by atoms with Crippen LogP contribution >= 0.6 is 0 Å². The first-order valence-electron chi connectivity index (χ1n) is 12.5. The van der Waals surface area contributed by atoms with Crippen LogP contribution in [0.5, 0.6) is 5.75 Å². The van der Waals surface area contributed by atoms with Crippen molar-refractivity contribution in [1.29, 1.82) is 5.26 Å². The molecule has 0 radical (unpaired) electrons. The number of nitrogens with one attached hydrogen (secondary N) is 1. The van der Waals surface area contributed by atoms with E-state index in [4.69, 9.17) is 4.74 Å². The van der Waals surface area contributed by atoms with Crippen molar-refractivity contribution in [3.8, 4) is 11.8 Å². The number of nitrogens with zero attached hydrogens (tertiary/aromatic N) is 3. The SMILES string of the molecule is COc1ccccc1N1CCN(/C=C(/C#N)C(=O)NC(C)C23CC4CC(CC(C4)C2)C3)CC1. The van der Waals surface area contributed by atoms with E-state index in [0.717, 1.165) is 55.4 Å². The highest BCUT2D eigenvalue weighted by Crippen LogP contribution is 2.61. The van der Waals surface area contributed by atoms with E-state index >= 15 is 0 Å². The maximum absolute atomic E-state index is 13.1. The first kappa shape index (κ1) is 22.1. The Kier molecular flexibility index (Phi) is 5.99. The van der Waals surface area contributed by atoms with Gasteiger partial charge in [0.2, 0.25) is 0 Å². The van der Waals surface area contributed by atoms with Crippen molar-refractivity contribution in [3.63, 3.8) is 0 Å². The zero-order valence-corrected chi connectivity index (χ0v) is 19.9. The molecule has 1 amide bonds. The molecular weight excluding hydrogens is 412 g/mol. The van der Waals surface area contributed by atoms with Crippen LogP contribution < -0.4 is 15.0 Å². The first-order chi connectivity index (χ1) is 16.0. The fourth-order valence-electron chi connectivity index (χ4n) is 7.44. The van der Waals surface area contributed by atoms with Crippen LogP contribution in [0.15, 0.2) is 36.0 Å². The lowest BCUT2D eigenvalue weighted by molar-refractivity contribution is -0.122. The van der Waals surface area contributed by atoms with Crippen LogP contribution in [-0.4, -0.2) is 50.1 Å². The molecular formula is C27H36N4O2. The predicted molar refractivity (Wildman–Crippen MR) is 129 cm³/mol. The van der Waals surface area contributed by atoms with Gasteiger partial charge in [0, 0.05) is 38.4 Å². The van der Waals surface area contributed by atoms with Crippen molar-refractivity contribution in [2.24, 2.45) is 23.2 Å². The molecule has 1 aliphatic heterocycles. The zero-order chi connectivity index (χ0) is 23.0. The minimum absolute atomic E-state index is 0.123. The van der Waals surface area contributed by atoms with Gasteiger partial charge in [0.15, 0.2) is 0 Å². The van der Waals surface area contributed by atoms with Crippen LogP contribution in [0.4, 0.5) is 5.69 Å². The number of nitriles is 1. The van der Waals surface area contributed by atoms with Crippen LogP contribution in [0.2, 0.25) is 0 Å². The maximum atomic E-state index is 13.1. The van der Waals surface area contributed by atoms with E-state index in [9.17, 15) is 10.1 Å². The van der Waals surface area contributed by atoms with E-state index in [1.807, 2.05) is 18.2 Å². The Morgan fingerprint density at radius 2 is 1.73 bits per heavy atom. The molecule has 5 fully saturated rings. The van der Waals surface area contributed by atoms with Crippen LogP contribution in [0.3, 0.4) is 0 Å². The van der Waals surface area contributed by atoms with Crippen LogP contribution in [-0.2, 0) is 4.79 Å². The van der Waals surface area contributed by atoms with Gasteiger partial charge in [-0.1, -0.05) is 12.1 Å². The van der Waals surface area contributed by atoms with Gasteiger partial charge in [-0.25, -0.2) is 0 Å². The average molecular weight is 449 g/mol. The highest BCUT2D eigenvalue weighted by molar-refractivity contribution is 5.97. The maximum Gasteiger partial charge on any atom is 0.263 e. The second kappa shape index (κ2) is 8.93. The summed E-state index contributed by atoms with van der Waals surface area (Å²) < 4.78 is 5.50. The number of para-hydroxylation sites is 2. The van der Waals surface area contributed by atoms with Gasteiger partial charge >= 0.3 is 0 Å². The van der Waals surface area contributed by atoms with Gasteiger partial charge in [-0.2, -0.15) is 5.26 Å². The van der Waals surface area contributed by atoms with Gasteiger partial charge in [0.1, 0.15) is 17.4 Å². The fourth-order valence-corrected chi connectivity index (χ4v) is 7.44. The molecule has 33 heavy (non-hydrogen) atoms. The van der Waals surface area contributed by atoms with E-state index in [-0.39, 0.29) is 22.9 Å². The van der Waals surface area contributed by atoms with Crippen LogP contribution in [0.1, 0.15) is 45.4 Å². The lowest BCUT2D eigenvalue weighted by Crippen LogP contribution is -2.56. The first-order valence-corrected chi connectivity index (χ1v) is 12.5. The monoisotopic (exact) mass is 448 g/mol. The van der Waals surface area contributed by atoms with Crippen molar-refractivity contribution in [1.82, 2.24) is 10.2 Å². The number of hydrogen-bond acceptors (Lipinski definition) is 5. The summed E-state index contributed by atoms with van der Waals surface area (Å²) in [6, 6.07) is 10.3. The summed E-state index contributed by atoms with van der Waals surface area (Å²) >= 11 is 0. The van der Waals surface area contributed by atoms with Crippen molar-refractivity contribution < 1.29 is 9.53 Å². The molecule has 4 saturated carbocycles.